The van der Waals surface area contributed by atoms with Gasteiger partial charge in [-0.1, -0.05) is 37.6 Å². The zero-order valence-electron chi connectivity index (χ0n) is 14.3. The Morgan fingerprint density at radius 3 is 2.68 bits per heavy atom. The van der Waals surface area contributed by atoms with Gasteiger partial charge < -0.3 is 15.2 Å². The Morgan fingerprint density at radius 1 is 1.12 bits per heavy atom. The number of ether oxygens (including phenoxy) is 1. The lowest BCUT2D eigenvalue weighted by molar-refractivity contribution is -0.116. The van der Waals surface area contributed by atoms with Gasteiger partial charge in [-0.05, 0) is 36.6 Å². The van der Waals surface area contributed by atoms with Gasteiger partial charge in [0.2, 0.25) is 5.91 Å². The van der Waals surface area contributed by atoms with Crippen LogP contribution in [0.15, 0.2) is 48.5 Å². The van der Waals surface area contributed by atoms with Crippen molar-refractivity contribution in [1.29, 1.82) is 0 Å². The van der Waals surface area contributed by atoms with E-state index < -0.39 is 5.97 Å². The molecular formula is C20H23NO4. The summed E-state index contributed by atoms with van der Waals surface area (Å²) in [5.74, 6) is -0.415. The maximum atomic E-state index is 12.1. The number of aryl methyl sites for hydroxylation is 1. The molecule has 0 unspecified atom stereocenters. The number of nitrogens with one attached hydrogen (secondary N) is 1. The van der Waals surface area contributed by atoms with Crippen LogP contribution in [0.3, 0.4) is 0 Å². The second-order valence-electron chi connectivity index (χ2n) is 5.74. The molecule has 0 saturated carbocycles. The first kappa shape index (κ1) is 18.5. The van der Waals surface area contributed by atoms with Crippen molar-refractivity contribution in [3.8, 4) is 5.75 Å². The first-order valence-corrected chi connectivity index (χ1v) is 8.44. The Labute approximate surface area is 147 Å². The van der Waals surface area contributed by atoms with Crippen LogP contribution in [0.25, 0.3) is 0 Å². The Morgan fingerprint density at radius 2 is 1.92 bits per heavy atom. The average Bonchev–Trinajstić information content (AvgIpc) is 2.61. The Hall–Kier alpha value is -2.82. The van der Waals surface area contributed by atoms with Crippen LogP contribution < -0.4 is 10.1 Å². The van der Waals surface area contributed by atoms with Gasteiger partial charge >= 0.3 is 5.97 Å². The lowest BCUT2D eigenvalue weighted by Gasteiger charge is -2.09. The van der Waals surface area contributed by atoms with E-state index in [1.54, 1.807) is 36.4 Å². The molecule has 2 aromatic rings. The van der Waals surface area contributed by atoms with Gasteiger partial charge in [-0.3, -0.25) is 4.79 Å². The minimum absolute atomic E-state index is 0.161. The summed E-state index contributed by atoms with van der Waals surface area (Å²) < 4.78 is 5.62. The molecule has 25 heavy (non-hydrogen) atoms. The van der Waals surface area contributed by atoms with Gasteiger partial charge in [0.05, 0.1) is 12.2 Å². The number of amides is 1. The van der Waals surface area contributed by atoms with Gasteiger partial charge in [0.25, 0.3) is 0 Å². The largest absolute Gasteiger partial charge is 0.494 e. The molecule has 132 valence electrons. The van der Waals surface area contributed by atoms with E-state index in [0.717, 1.165) is 18.6 Å². The number of anilines is 1. The zero-order chi connectivity index (χ0) is 18.1. The van der Waals surface area contributed by atoms with Crippen molar-refractivity contribution in [2.75, 3.05) is 11.9 Å². The smallest absolute Gasteiger partial charge is 0.335 e. The van der Waals surface area contributed by atoms with E-state index in [2.05, 4.69) is 12.2 Å². The number of unbranched alkanes of at least 4 members (excludes halogenated alkanes) is 1. The number of benzene rings is 2. The van der Waals surface area contributed by atoms with Gasteiger partial charge in [-0.25, -0.2) is 4.79 Å². The van der Waals surface area contributed by atoms with Crippen LogP contribution in [0.2, 0.25) is 0 Å². The Balaban J connectivity index is 1.90. The Kier molecular flexibility index (Phi) is 7.01. The van der Waals surface area contributed by atoms with E-state index in [1.165, 1.54) is 0 Å². The summed E-state index contributed by atoms with van der Waals surface area (Å²) in [6.45, 7) is 2.75. The molecule has 0 fully saturated rings. The molecule has 0 aliphatic heterocycles. The standard InChI is InChI=1S/C20H23NO4/c1-2-3-13-25-17-9-6-8-16(14-17)21-19(22)12-11-15-7-4-5-10-18(15)20(23)24/h4-10,14H,2-3,11-13H2,1H3,(H,21,22)(H,23,24). The average molecular weight is 341 g/mol. The zero-order valence-corrected chi connectivity index (χ0v) is 14.3. The second kappa shape index (κ2) is 9.47. The van der Waals surface area contributed by atoms with Crippen molar-refractivity contribution in [3.05, 3.63) is 59.7 Å². The topological polar surface area (TPSA) is 75.6 Å². The quantitative estimate of drug-likeness (QED) is 0.672. The summed E-state index contributed by atoms with van der Waals surface area (Å²) in [6, 6.07) is 14.0. The lowest BCUT2D eigenvalue weighted by atomic mass is 10.0. The van der Waals surface area contributed by atoms with Crippen LogP contribution in [-0.2, 0) is 11.2 Å². The molecule has 1 amide bonds. The second-order valence-corrected chi connectivity index (χ2v) is 5.74. The fourth-order valence-electron chi connectivity index (χ4n) is 2.42. The maximum Gasteiger partial charge on any atom is 0.335 e. The van der Waals surface area contributed by atoms with Gasteiger partial charge in [0, 0.05) is 18.2 Å². The number of hydrogen-bond acceptors (Lipinski definition) is 3. The number of aromatic carboxylic acids is 1. The van der Waals surface area contributed by atoms with Crippen LogP contribution in [0.5, 0.6) is 5.75 Å². The minimum atomic E-state index is -0.979. The highest BCUT2D eigenvalue weighted by Gasteiger charge is 2.11. The van der Waals surface area contributed by atoms with Gasteiger partial charge in [0.15, 0.2) is 0 Å². The third kappa shape index (κ3) is 5.95. The molecule has 5 nitrogen and oxygen atoms in total. The van der Waals surface area contributed by atoms with Gasteiger partial charge in [-0.2, -0.15) is 0 Å². The summed E-state index contributed by atoms with van der Waals surface area (Å²) in [7, 11) is 0. The molecule has 0 heterocycles. The van der Waals surface area contributed by atoms with E-state index in [1.807, 2.05) is 12.1 Å². The SMILES string of the molecule is CCCCOc1cccc(NC(=O)CCc2ccccc2C(=O)O)c1. The fraction of sp³-hybridized carbons (Fsp3) is 0.300. The predicted molar refractivity (Wildman–Crippen MR) is 97.2 cm³/mol. The molecule has 0 atom stereocenters. The van der Waals surface area contributed by atoms with Crippen LogP contribution >= 0.6 is 0 Å². The lowest BCUT2D eigenvalue weighted by Crippen LogP contribution is -2.13. The molecule has 0 aliphatic rings. The first-order chi connectivity index (χ1) is 12.1. The Bertz CT molecular complexity index is 727. The van der Waals surface area contributed by atoms with Crippen LogP contribution in [-0.4, -0.2) is 23.6 Å². The van der Waals surface area contributed by atoms with E-state index in [9.17, 15) is 14.7 Å². The molecule has 0 radical (unpaired) electrons. The predicted octanol–water partition coefficient (Wildman–Crippen LogP) is 4.14. The number of carbonyl (C=O) groups excluding carboxylic acids is 1. The number of rotatable bonds is 9. The first-order valence-electron chi connectivity index (χ1n) is 8.44. The highest BCUT2D eigenvalue weighted by Crippen LogP contribution is 2.18. The molecule has 5 heteroatoms. The summed E-state index contributed by atoms with van der Waals surface area (Å²) >= 11 is 0. The minimum Gasteiger partial charge on any atom is -0.494 e. The van der Waals surface area contributed by atoms with Crippen molar-refractivity contribution in [1.82, 2.24) is 0 Å². The summed E-state index contributed by atoms with van der Waals surface area (Å²) in [5.41, 5.74) is 1.56. The molecule has 2 N–H and O–H groups in total. The highest BCUT2D eigenvalue weighted by molar-refractivity contribution is 5.92. The monoisotopic (exact) mass is 341 g/mol. The number of carboxylic acids is 1. The third-order valence-electron chi connectivity index (χ3n) is 3.75. The normalized spacial score (nSPS) is 10.3. The number of carbonyl (C=O) groups is 2. The molecule has 2 aromatic carbocycles. The van der Waals surface area contributed by atoms with Crippen molar-refractivity contribution in [2.24, 2.45) is 0 Å². The summed E-state index contributed by atoms with van der Waals surface area (Å²) in [6.07, 6.45) is 2.64. The van der Waals surface area contributed by atoms with Crippen molar-refractivity contribution < 1.29 is 19.4 Å². The van der Waals surface area contributed by atoms with Crippen molar-refractivity contribution in [3.63, 3.8) is 0 Å². The van der Waals surface area contributed by atoms with Crippen LogP contribution in [0, 0.1) is 0 Å². The maximum absolute atomic E-state index is 12.1. The van der Waals surface area contributed by atoms with Crippen LogP contribution in [0.1, 0.15) is 42.1 Å². The van der Waals surface area contributed by atoms with E-state index in [0.29, 0.717) is 24.3 Å². The van der Waals surface area contributed by atoms with Gasteiger partial charge in [-0.15, -0.1) is 0 Å². The van der Waals surface area contributed by atoms with Gasteiger partial charge in [0.1, 0.15) is 5.75 Å². The molecule has 0 aliphatic carbocycles. The van der Waals surface area contributed by atoms with E-state index in [4.69, 9.17) is 4.74 Å². The molecule has 0 spiro atoms. The molecular weight excluding hydrogens is 318 g/mol. The molecule has 0 saturated heterocycles. The summed E-state index contributed by atoms with van der Waals surface area (Å²) in [5, 5.41) is 12.0. The molecule has 0 bridgehead atoms. The van der Waals surface area contributed by atoms with E-state index >= 15 is 0 Å². The van der Waals surface area contributed by atoms with E-state index in [-0.39, 0.29) is 17.9 Å². The van der Waals surface area contributed by atoms with Crippen molar-refractivity contribution >= 4 is 17.6 Å². The molecule has 0 aromatic heterocycles. The number of carboxylic acid groups (broad SMARTS) is 1. The number of hydrogen-bond donors (Lipinski definition) is 2. The summed E-state index contributed by atoms with van der Waals surface area (Å²) in [4.78, 5) is 23.3. The fourth-order valence-corrected chi connectivity index (χ4v) is 2.42. The van der Waals surface area contributed by atoms with Crippen LogP contribution in [0.4, 0.5) is 5.69 Å². The van der Waals surface area contributed by atoms with Crippen molar-refractivity contribution in [2.45, 2.75) is 32.6 Å². The molecule has 2 rings (SSSR count). The third-order valence-corrected chi connectivity index (χ3v) is 3.75. The highest BCUT2D eigenvalue weighted by atomic mass is 16.5.